The topological polar surface area (TPSA) is 47.4 Å². The molecule has 0 saturated carbocycles. The molecule has 1 aromatic carbocycles. The fourth-order valence-corrected chi connectivity index (χ4v) is 4.52. The van der Waals surface area contributed by atoms with Crippen molar-refractivity contribution in [1.82, 2.24) is 14.7 Å². The predicted octanol–water partition coefficient (Wildman–Crippen LogP) is 4.76. The van der Waals surface area contributed by atoms with Crippen LogP contribution in [0.4, 0.5) is 0 Å². The Balaban J connectivity index is 1.84. The Bertz CT molecular complexity index is 978. The summed E-state index contributed by atoms with van der Waals surface area (Å²) < 4.78 is 7.97. The van der Waals surface area contributed by atoms with Crippen LogP contribution in [0, 0.1) is 13.8 Å². The summed E-state index contributed by atoms with van der Waals surface area (Å²) in [4.78, 5) is 16.5. The van der Waals surface area contributed by atoms with Gasteiger partial charge in [0.05, 0.1) is 20.7 Å². The van der Waals surface area contributed by atoms with Crippen LogP contribution in [-0.4, -0.2) is 47.9 Å². The van der Waals surface area contributed by atoms with Gasteiger partial charge < -0.3 is 9.64 Å². The summed E-state index contributed by atoms with van der Waals surface area (Å²) in [5.41, 5.74) is 4.18. The fraction of sp³-hybridized carbons (Fsp3) is 0.333. The van der Waals surface area contributed by atoms with E-state index in [1.165, 1.54) is 16.0 Å². The van der Waals surface area contributed by atoms with Crippen molar-refractivity contribution < 1.29 is 9.53 Å². The lowest BCUT2D eigenvalue weighted by atomic mass is 10.1. The van der Waals surface area contributed by atoms with Crippen LogP contribution in [0.1, 0.15) is 11.3 Å². The number of likely N-dealkylation sites (N-methyl/N-ethyl adjacent to an activating group) is 1. The van der Waals surface area contributed by atoms with E-state index in [0.29, 0.717) is 13.2 Å². The molecule has 0 aliphatic heterocycles. The summed E-state index contributed by atoms with van der Waals surface area (Å²) >= 11 is 5.33. The SMILES string of the molecule is Cc1cccc(-c2ccc(-c3c(Br)c(C)nn3CC(=O)OCCN(C)C)s2)c1. The second-order valence-corrected chi connectivity index (χ2v) is 8.84. The Labute approximate surface area is 178 Å². The first-order valence-electron chi connectivity index (χ1n) is 9.05. The molecule has 2 aromatic heterocycles. The number of ether oxygens (including phenoxy) is 1. The number of halogens is 1. The molecule has 0 spiro atoms. The van der Waals surface area contributed by atoms with Crippen molar-refractivity contribution in [2.75, 3.05) is 27.2 Å². The maximum Gasteiger partial charge on any atom is 0.327 e. The lowest BCUT2D eigenvalue weighted by molar-refractivity contribution is -0.144. The number of rotatable bonds is 7. The van der Waals surface area contributed by atoms with Gasteiger partial charge in [-0.25, -0.2) is 0 Å². The zero-order chi connectivity index (χ0) is 20.3. The van der Waals surface area contributed by atoms with Crippen LogP contribution in [0.3, 0.4) is 0 Å². The number of carbonyl (C=O) groups excluding carboxylic acids is 1. The van der Waals surface area contributed by atoms with Gasteiger partial charge in [-0.2, -0.15) is 5.10 Å². The van der Waals surface area contributed by atoms with E-state index in [1.54, 1.807) is 16.0 Å². The predicted molar refractivity (Wildman–Crippen MR) is 118 cm³/mol. The molecule has 28 heavy (non-hydrogen) atoms. The molecule has 0 saturated heterocycles. The summed E-state index contributed by atoms with van der Waals surface area (Å²) in [7, 11) is 3.89. The number of thiophene rings is 1. The van der Waals surface area contributed by atoms with Gasteiger partial charge in [0.25, 0.3) is 0 Å². The first-order chi connectivity index (χ1) is 13.3. The van der Waals surface area contributed by atoms with Gasteiger partial charge in [-0.3, -0.25) is 9.48 Å². The first kappa shape index (κ1) is 20.8. The van der Waals surface area contributed by atoms with Gasteiger partial charge in [0.1, 0.15) is 13.2 Å². The van der Waals surface area contributed by atoms with Crippen LogP contribution >= 0.6 is 27.3 Å². The van der Waals surface area contributed by atoms with Crippen molar-refractivity contribution in [3.63, 3.8) is 0 Å². The highest BCUT2D eigenvalue weighted by Gasteiger charge is 2.19. The normalized spacial score (nSPS) is 11.2. The minimum Gasteiger partial charge on any atom is -0.463 e. The monoisotopic (exact) mass is 461 g/mol. The molecule has 0 unspecified atom stereocenters. The molecule has 0 atom stereocenters. The lowest BCUT2D eigenvalue weighted by Crippen LogP contribution is -2.22. The fourth-order valence-electron chi connectivity index (χ4n) is 2.84. The molecule has 5 nitrogen and oxygen atoms in total. The average molecular weight is 462 g/mol. The molecular formula is C21H24BrN3O2S. The van der Waals surface area contributed by atoms with E-state index in [4.69, 9.17) is 4.74 Å². The zero-order valence-corrected chi connectivity index (χ0v) is 18.9. The quantitative estimate of drug-likeness (QED) is 0.475. The van der Waals surface area contributed by atoms with E-state index in [1.807, 2.05) is 25.9 Å². The number of carbonyl (C=O) groups is 1. The average Bonchev–Trinajstić information content (AvgIpc) is 3.20. The molecule has 3 aromatic rings. The number of aryl methyl sites for hydroxylation is 2. The standard InChI is InChI=1S/C21H24BrN3O2S/c1-14-6-5-7-16(12-14)17-8-9-18(28-17)21-20(22)15(2)23-25(21)13-19(26)27-11-10-24(3)4/h5-9,12H,10-11,13H2,1-4H3. The Morgan fingerprint density at radius 2 is 1.96 bits per heavy atom. The third kappa shape index (κ3) is 4.90. The maximum atomic E-state index is 12.2. The highest BCUT2D eigenvalue weighted by molar-refractivity contribution is 9.10. The van der Waals surface area contributed by atoms with Gasteiger partial charge in [-0.1, -0.05) is 29.8 Å². The molecule has 0 N–H and O–H groups in total. The molecule has 148 valence electrons. The van der Waals surface area contributed by atoms with Gasteiger partial charge in [-0.15, -0.1) is 11.3 Å². The highest BCUT2D eigenvalue weighted by Crippen LogP contribution is 2.39. The van der Waals surface area contributed by atoms with Crippen molar-refractivity contribution in [3.8, 4) is 21.0 Å². The molecule has 0 radical (unpaired) electrons. The number of esters is 1. The Kier molecular flexibility index (Phi) is 6.69. The van der Waals surface area contributed by atoms with Crippen LogP contribution in [0.25, 0.3) is 21.0 Å². The van der Waals surface area contributed by atoms with E-state index in [-0.39, 0.29) is 12.5 Å². The van der Waals surface area contributed by atoms with Crippen molar-refractivity contribution in [2.45, 2.75) is 20.4 Å². The lowest BCUT2D eigenvalue weighted by Gasteiger charge is -2.11. The molecule has 0 fully saturated rings. The van der Waals surface area contributed by atoms with Crippen molar-refractivity contribution >= 4 is 33.2 Å². The van der Waals surface area contributed by atoms with E-state index in [2.05, 4.69) is 64.4 Å². The van der Waals surface area contributed by atoms with Crippen molar-refractivity contribution in [1.29, 1.82) is 0 Å². The summed E-state index contributed by atoms with van der Waals surface area (Å²) in [6.07, 6.45) is 0. The van der Waals surface area contributed by atoms with E-state index in [0.717, 1.165) is 20.7 Å². The van der Waals surface area contributed by atoms with Gasteiger partial charge >= 0.3 is 5.97 Å². The molecule has 3 rings (SSSR count). The third-order valence-corrected chi connectivity index (χ3v) is 6.37. The molecule has 0 aliphatic carbocycles. The van der Waals surface area contributed by atoms with Crippen molar-refractivity contribution in [3.05, 3.63) is 52.1 Å². The van der Waals surface area contributed by atoms with E-state index in [9.17, 15) is 4.79 Å². The van der Waals surface area contributed by atoms with Crippen LogP contribution in [-0.2, 0) is 16.1 Å². The molecule has 7 heteroatoms. The minimum absolute atomic E-state index is 0.0902. The Morgan fingerprint density at radius 3 is 2.68 bits per heavy atom. The van der Waals surface area contributed by atoms with Crippen LogP contribution in [0.15, 0.2) is 40.9 Å². The van der Waals surface area contributed by atoms with Crippen LogP contribution in [0.5, 0.6) is 0 Å². The third-order valence-electron chi connectivity index (χ3n) is 4.28. The second-order valence-electron chi connectivity index (χ2n) is 6.96. The molecule has 0 aliphatic rings. The van der Waals surface area contributed by atoms with Crippen molar-refractivity contribution in [2.24, 2.45) is 0 Å². The number of nitrogens with zero attached hydrogens (tertiary/aromatic N) is 3. The number of hydrogen-bond donors (Lipinski definition) is 0. The van der Waals surface area contributed by atoms with Gasteiger partial charge in [0, 0.05) is 11.4 Å². The number of hydrogen-bond acceptors (Lipinski definition) is 5. The smallest absolute Gasteiger partial charge is 0.327 e. The Morgan fingerprint density at radius 1 is 1.21 bits per heavy atom. The minimum atomic E-state index is -0.284. The zero-order valence-electron chi connectivity index (χ0n) is 16.5. The molecule has 2 heterocycles. The number of benzene rings is 1. The summed E-state index contributed by atoms with van der Waals surface area (Å²) in [5, 5.41) is 4.53. The van der Waals surface area contributed by atoms with E-state index >= 15 is 0 Å². The van der Waals surface area contributed by atoms with Crippen LogP contribution in [0.2, 0.25) is 0 Å². The summed E-state index contributed by atoms with van der Waals surface area (Å²) in [6, 6.07) is 12.6. The second kappa shape index (κ2) is 9.03. The largest absolute Gasteiger partial charge is 0.463 e. The van der Waals surface area contributed by atoms with Crippen LogP contribution < -0.4 is 0 Å². The summed E-state index contributed by atoms with van der Waals surface area (Å²) in [6.45, 7) is 5.18. The Hall–Kier alpha value is -1.96. The van der Waals surface area contributed by atoms with Gasteiger partial charge in [0.15, 0.2) is 0 Å². The van der Waals surface area contributed by atoms with Gasteiger partial charge in [-0.05, 0) is 61.6 Å². The number of aromatic nitrogens is 2. The first-order valence-corrected chi connectivity index (χ1v) is 10.7. The molecular weight excluding hydrogens is 438 g/mol. The summed E-state index contributed by atoms with van der Waals surface area (Å²) in [5.74, 6) is -0.284. The van der Waals surface area contributed by atoms with E-state index < -0.39 is 0 Å². The highest BCUT2D eigenvalue weighted by atomic mass is 79.9. The van der Waals surface area contributed by atoms with Gasteiger partial charge in [0.2, 0.25) is 0 Å². The maximum absolute atomic E-state index is 12.2. The molecule has 0 bridgehead atoms. The molecule has 0 amide bonds.